The van der Waals surface area contributed by atoms with Crippen molar-refractivity contribution < 1.29 is 19.1 Å². The van der Waals surface area contributed by atoms with Gasteiger partial charge in [-0.3, -0.25) is 9.69 Å². The van der Waals surface area contributed by atoms with E-state index in [-0.39, 0.29) is 18.1 Å². The number of methoxy groups -OCH3 is 1. The average Bonchev–Trinajstić information content (AvgIpc) is 3.16. The summed E-state index contributed by atoms with van der Waals surface area (Å²) >= 11 is 3.58. The number of aryl methyl sites for hydroxylation is 1. The van der Waals surface area contributed by atoms with Gasteiger partial charge in [-0.05, 0) is 68.5 Å². The first-order valence-electron chi connectivity index (χ1n) is 11.8. The quantitative estimate of drug-likeness (QED) is 0.206. The van der Waals surface area contributed by atoms with E-state index in [1.807, 2.05) is 61.5 Å². The van der Waals surface area contributed by atoms with E-state index in [9.17, 15) is 9.59 Å². The number of urea groups is 1. The highest BCUT2D eigenvalue weighted by Crippen LogP contribution is 2.38. The molecule has 6 nitrogen and oxygen atoms in total. The van der Waals surface area contributed by atoms with Crippen LogP contribution in [-0.2, 0) is 17.9 Å². The molecule has 1 heterocycles. The van der Waals surface area contributed by atoms with E-state index in [0.29, 0.717) is 28.1 Å². The highest BCUT2D eigenvalue weighted by Gasteiger charge is 2.33. The summed E-state index contributed by atoms with van der Waals surface area (Å²) in [5, 5.41) is 4.96. The van der Waals surface area contributed by atoms with Crippen molar-refractivity contribution in [3.63, 3.8) is 0 Å². The molecule has 4 aromatic rings. The topological polar surface area (TPSA) is 67.9 Å². The fourth-order valence-corrected chi connectivity index (χ4v) is 4.86. The van der Waals surface area contributed by atoms with Crippen LogP contribution in [0.3, 0.4) is 0 Å². The molecule has 0 bridgehead atoms. The molecule has 4 aromatic carbocycles. The molecule has 3 amide bonds. The van der Waals surface area contributed by atoms with Gasteiger partial charge in [-0.1, -0.05) is 72.3 Å². The smallest absolute Gasteiger partial charge is 0.329 e. The van der Waals surface area contributed by atoms with E-state index in [4.69, 9.17) is 9.47 Å². The van der Waals surface area contributed by atoms with Crippen molar-refractivity contribution in [1.82, 2.24) is 10.2 Å². The molecule has 0 atom stereocenters. The molecule has 0 aromatic heterocycles. The third kappa shape index (κ3) is 5.22. The second kappa shape index (κ2) is 10.5. The fraction of sp³-hybridized carbons (Fsp3) is 0.133. The second-order valence-corrected chi connectivity index (χ2v) is 9.68. The van der Waals surface area contributed by atoms with Gasteiger partial charge in [0.15, 0.2) is 11.5 Å². The molecule has 1 saturated heterocycles. The zero-order valence-corrected chi connectivity index (χ0v) is 22.0. The standard InChI is InChI=1S/C30H25BrN2O4/c1-19-10-12-20(13-11-19)17-33-29(34)26(32-30(33)35)15-21-14-25(31)28(27(16-21)36-2)37-18-23-8-5-7-22-6-3-4-9-24(22)23/h3-16H,17-18H2,1-2H3,(H,32,35)/b26-15-. The van der Waals surface area contributed by atoms with Crippen molar-refractivity contribution in [3.8, 4) is 11.5 Å². The van der Waals surface area contributed by atoms with Crippen molar-refractivity contribution in [3.05, 3.63) is 111 Å². The molecule has 0 aliphatic carbocycles. The number of carbonyl (C=O) groups is 2. The lowest BCUT2D eigenvalue weighted by Crippen LogP contribution is -2.30. The van der Waals surface area contributed by atoms with E-state index < -0.39 is 6.03 Å². The summed E-state index contributed by atoms with van der Waals surface area (Å²) in [6.45, 7) is 2.56. The summed E-state index contributed by atoms with van der Waals surface area (Å²) < 4.78 is 12.4. The van der Waals surface area contributed by atoms with Gasteiger partial charge in [-0.15, -0.1) is 0 Å². The van der Waals surface area contributed by atoms with Gasteiger partial charge in [0, 0.05) is 0 Å². The minimum atomic E-state index is -0.446. The lowest BCUT2D eigenvalue weighted by molar-refractivity contribution is -0.123. The van der Waals surface area contributed by atoms with Crippen LogP contribution in [0.5, 0.6) is 11.5 Å². The number of hydrogen-bond acceptors (Lipinski definition) is 4. The summed E-state index contributed by atoms with van der Waals surface area (Å²) in [6.07, 6.45) is 1.64. The Balaban J connectivity index is 1.36. The number of imide groups is 1. The molecule has 0 radical (unpaired) electrons. The van der Waals surface area contributed by atoms with E-state index >= 15 is 0 Å². The minimum absolute atomic E-state index is 0.204. The van der Waals surface area contributed by atoms with Gasteiger partial charge in [0.05, 0.1) is 18.1 Å². The zero-order valence-electron chi connectivity index (χ0n) is 20.5. The molecule has 1 aliphatic rings. The largest absolute Gasteiger partial charge is 0.493 e. The number of nitrogens with one attached hydrogen (secondary N) is 1. The van der Waals surface area contributed by atoms with Crippen LogP contribution in [0.2, 0.25) is 0 Å². The number of amides is 3. The molecule has 0 spiro atoms. The average molecular weight is 557 g/mol. The predicted molar refractivity (Wildman–Crippen MR) is 147 cm³/mol. The Labute approximate surface area is 223 Å². The van der Waals surface area contributed by atoms with Gasteiger partial charge in [0.2, 0.25) is 0 Å². The number of benzene rings is 4. The molecule has 0 unspecified atom stereocenters. The number of nitrogens with zero attached hydrogens (tertiary/aromatic N) is 1. The predicted octanol–water partition coefficient (Wildman–Crippen LogP) is 6.59. The molecule has 1 N–H and O–H groups in total. The fourth-order valence-electron chi connectivity index (χ4n) is 4.29. The SMILES string of the molecule is COc1cc(/C=C2\NC(=O)N(Cc3ccc(C)cc3)C2=O)cc(Br)c1OCc1cccc2ccccc12. The monoisotopic (exact) mass is 556 g/mol. The lowest BCUT2D eigenvalue weighted by Gasteiger charge is -2.15. The van der Waals surface area contributed by atoms with Crippen LogP contribution in [0.15, 0.2) is 89.0 Å². The lowest BCUT2D eigenvalue weighted by atomic mass is 10.1. The molecular weight excluding hydrogens is 532 g/mol. The number of ether oxygens (including phenoxy) is 2. The second-order valence-electron chi connectivity index (χ2n) is 8.83. The molecule has 7 heteroatoms. The molecule has 5 rings (SSSR count). The summed E-state index contributed by atoms with van der Waals surface area (Å²) in [4.78, 5) is 26.7. The minimum Gasteiger partial charge on any atom is -0.493 e. The summed E-state index contributed by atoms with van der Waals surface area (Å²) in [5.41, 5.74) is 3.95. The van der Waals surface area contributed by atoms with Crippen molar-refractivity contribution >= 4 is 44.7 Å². The third-order valence-electron chi connectivity index (χ3n) is 6.24. The Kier molecular flexibility index (Phi) is 6.97. The van der Waals surface area contributed by atoms with Crippen molar-refractivity contribution in [2.24, 2.45) is 0 Å². The molecule has 1 aliphatic heterocycles. The van der Waals surface area contributed by atoms with Crippen molar-refractivity contribution in [2.45, 2.75) is 20.1 Å². The third-order valence-corrected chi connectivity index (χ3v) is 6.83. The zero-order chi connectivity index (χ0) is 25.9. The molecule has 37 heavy (non-hydrogen) atoms. The first-order valence-corrected chi connectivity index (χ1v) is 12.6. The van der Waals surface area contributed by atoms with Crippen LogP contribution < -0.4 is 14.8 Å². The van der Waals surface area contributed by atoms with E-state index in [1.54, 1.807) is 19.3 Å². The number of halogens is 1. The highest BCUT2D eigenvalue weighted by molar-refractivity contribution is 9.10. The van der Waals surface area contributed by atoms with E-state index in [2.05, 4.69) is 39.4 Å². The summed E-state index contributed by atoms with van der Waals surface area (Å²) in [6, 6.07) is 25.2. The molecule has 0 saturated carbocycles. The van der Waals surface area contributed by atoms with Gasteiger partial charge in [0.1, 0.15) is 12.3 Å². The van der Waals surface area contributed by atoms with Crippen LogP contribution in [0.4, 0.5) is 4.79 Å². The van der Waals surface area contributed by atoms with Gasteiger partial charge in [0.25, 0.3) is 5.91 Å². The summed E-state index contributed by atoms with van der Waals surface area (Å²) in [5.74, 6) is 0.687. The maximum Gasteiger partial charge on any atom is 0.329 e. The molecule has 1 fully saturated rings. The Morgan fingerprint density at radius 2 is 1.73 bits per heavy atom. The van der Waals surface area contributed by atoms with Crippen LogP contribution in [-0.4, -0.2) is 23.9 Å². The van der Waals surface area contributed by atoms with E-state index in [1.165, 1.54) is 4.90 Å². The first kappa shape index (κ1) is 24.6. The van der Waals surface area contributed by atoms with Crippen molar-refractivity contribution in [1.29, 1.82) is 0 Å². The summed E-state index contributed by atoms with van der Waals surface area (Å²) in [7, 11) is 1.56. The Hall–Kier alpha value is -4.10. The number of carbonyl (C=O) groups excluding carboxylic acids is 2. The van der Waals surface area contributed by atoms with Gasteiger partial charge < -0.3 is 14.8 Å². The van der Waals surface area contributed by atoms with Gasteiger partial charge in [-0.2, -0.15) is 0 Å². The molecular formula is C30H25BrN2O4. The Bertz CT molecular complexity index is 1520. The molecule has 186 valence electrons. The van der Waals surface area contributed by atoms with Crippen LogP contribution >= 0.6 is 15.9 Å². The highest BCUT2D eigenvalue weighted by atomic mass is 79.9. The Morgan fingerprint density at radius 1 is 0.973 bits per heavy atom. The normalized spacial score (nSPS) is 14.4. The number of fused-ring (bicyclic) bond motifs is 1. The Morgan fingerprint density at radius 3 is 2.51 bits per heavy atom. The van der Waals surface area contributed by atoms with E-state index in [0.717, 1.165) is 27.5 Å². The van der Waals surface area contributed by atoms with Gasteiger partial charge >= 0.3 is 6.03 Å². The van der Waals surface area contributed by atoms with Gasteiger partial charge in [-0.25, -0.2) is 4.79 Å². The van der Waals surface area contributed by atoms with Crippen LogP contribution in [0.25, 0.3) is 16.8 Å². The first-order chi connectivity index (χ1) is 17.9. The maximum atomic E-state index is 13.0. The number of rotatable bonds is 7. The van der Waals surface area contributed by atoms with Crippen LogP contribution in [0, 0.1) is 6.92 Å². The maximum absolute atomic E-state index is 13.0. The number of hydrogen-bond donors (Lipinski definition) is 1. The van der Waals surface area contributed by atoms with Crippen LogP contribution in [0.1, 0.15) is 22.3 Å². The van der Waals surface area contributed by atoms with Crippen molar-refractivity contribution in [2.75, 3.05) is 7.11 Å².